The minimum atomic E-state index is -0.191. The first kappa shape index (κ1) is 20.7. The number of hydrogen-bond donors (Lipinski definition) is 3. The SMILES string of the molecule is CCNC(=NCCc1ccccc1F)NCCNC(=O)C1CC1.I. The fraction of sp³-hybridized carbons (Fsp3) is 0.529. The second-order valence-corrected chi connectivity index (χ2v) is 5.59. The minimum Gasteiger partial charge on any atom is -0.357 e. The average Bonchev–Trinajstić information content (AvgIpc) is 3.38. The number of nitrogens with zero attached hydrogens (tertiary/aromatic N) is 1. The Labute approximate surface area is 159 Å². The van der Waals surface area contributed by atoms with Gasteiger partial charge < -0.3 is 16.0 Å². The molecule has 24 heavy (non-hydrogen) atoms. The summed E-state index contributed by atoms with van der Waals surface area (Å²) in [7, 11) is 0. The first-order chi connectivity index (χ1) is 11.2. The van der Waals surface area contributed by atoms with Crippen molar-refractivity contribution in [3.05, 3.63) is 35.6 Å². The van der Waals surface area contributed by atoms with Crippen molar-refractivity contribution in [1.29, 1.82) is 0 Å². The van der Waals surface area contributed by atoms with E-state index in [0.717, 1.165) is 19.4 Å². The van der Waals surface area contributed by atoms with Crippen LogP contribution in [0.5, 0.6) is 0 Å². The van der Waals surface area contributed by atoms with Crippen molar-refractivity contribution < 1.29 is 9.18 Å². The largest absolute Gasteiger partial charge is 0.357 e. The predicted octanol–water partition coefficient (Wildman–Crippen LogP) is 2.07. The van der Waals surface area contributed by atoms with Crippen molar-refractivity contribution in [2.24, 2.45) is 10.9 Å². The van der Waals surface area contributed by atoms with Gasteiger partial charge in [-0.05, 0) is 37.8 Å². The van der Waals surface area contributed by atoms with Crippen LogP contribution < -0.4 is 16.0 Å². The molecule has 0 unspecified atom stereocenters. The monoisotopic (exact) mass is 448 g/mol. The normalized spacial score (nSPS) is 13.8. The number of rotatable bonds is 8. The van der Waals surface area contributed by atoms with Crippen LogP contribution in [-0.4, -0.2) is 38.0 Å². The molecule has 1 aliphatic carbocycles. The molecule has 3 N–H and O–H groups in total. The molecule has 2 rings (SSSR count). The van der Waals surface area contributed by atoms with Crippen LogP contribution >= 0.6 is 24.0 Å². The van der Waals surface area contributed by atoms with Gasteiger partial charge in [0.15, 0.2) is 5.96 Å². The number of benzene rings is 1. The third-order valence-electron chi connectivity index (χ3n) is 3.62. The average molecular weight is 448 g/mol. The third-order valence-corrected chi connectivity index (χ3v) is 3.62. The van der Waals surface area contributed by atoms with E-state index in [0.29, 0.717) is 37.6 Å². The Bertz CT molecular complexity index is 549. The van der Waals surface area contributed by atoms with E-state index in [2.05, 4.69) is 20.9 Å². The van der Waals surface area contributed by atoms with Crippen molar-refractivity contribution in [1.82, 2.24) is 16.0 Å². The molecule has 0 spiro atoms. The van der Waals surface area contributed by atoms with E-state index in [1.54, 1.807) is 12.1 Å². The van der Waals surface area contributed by atoms with Crippen molar-refractivity contribution in [2.75, 3.05) is 26.2 Å². The lowest BCUT2D eigenvalue weighted by molar-refractivity contribution is -0.122. The number of aliphatic imine (C=N–C) groups is 1. The standard InChI is InChI=1S/C17H25FN4O.HI/c1-2-19-17(22-12-11-20-16(23)14-7-8-14)21-10-9-13-5-3-4-6-15(13)18;/h3-6,14H,2,7-12H2,1H3,(H,20,23)(H2,19,21,22);1H. The number of hydrogen-bond acceptors (Lipinski definition) is 2. The van der Waals surface area contributed by atoms with E-state index >= 15 is 0 Å². The van der Waals surface area contributed by atoms with Gasteiger partial charge >= 0.3 is 0 Å². The zero-order chi connectivity index (χ0) is 16.5. The fourth-order valence-corrected chi connectivity index (χ4v) is 2.19. The summed E-state index contributed by atoms with van der Waals surface area (Å²) >= 11 is 0. The Morgan fingerprint density at radius 3 is 2.58 bits per heavy atom. The van der Waals surface area contributed by atoms with Crippen LogP contribution in [0.25, 0.3) is 0 Å². The first-order valence-electron chi connectivity index (χ1n) is 8.24. The van der Waals surface area contributed by atoms with Crippen molar-refractivity contribution in [2.45, 2.75) is 26.2 Å². The molecule has 5 nitrogen and oxygen atoms in total. The summed E-state index contributed by atoms with van der Waals surface area (Å²) in [5.41, 5.74) is 0.670. The highest BCUT2D eigenvalue weighted by Gasteiger charge is 2.28. The Morgan fingerprint density at radius 2 is 1.92 bits per heavy atom. The molecule has 7 heteroatoms. The highest BCUT2D eigenvalue weighted by atomic mass is 127. The zero-order valence-corrected chi connectivity index (χ0v) is 16.3. The summed E-state index contributed by atoms with van der Waals surface area (Å²) in [5.74, 6) is 0.874. The van der Waals surface area contributed by atoms with Crippen LogP contribution in [0.15, 0.2) is 29.3 Å². The van der Waals surface area contributed by atoms with E-state index in [-0.39, 0.29) is 41.6 Å². The molecule has 1 aromatic rings. The third kappa shape index (κ3) is 7.46. The van der Waals surface area contributed by atoms with Gasteiger partial charge in [-0.1, -0.05) is 18.2 Å². The number of halogens is 2. The molecule has 0 aliphatic heterocycles. The quantitative estimate of drug-likeness (QED) is 0.247. The molecule has 1 aromatic carbocycles. The molecule has 1 aliphatic rings. The van der Waals surface area contributed by atoms with Gasteiger partial charge in [0.1, 0.15) is 5.82 Å². The van der Waals surface area contributed by atoms with Crippen LogP contribution in [0, 0.1) is 11.7 Å². The zero-order valence-electron chi connectivity index (χ0n) is 14.0. The van der Waals surface area contributed by atoms with E-state index in [1.165, 1.54) is 6.07 Å². The second-order valence-electron chi connectivity index (χ2n) is 5.59. The van der Waals surface area contributed by atoms with Gasteiger partial charge in [0.25, 0.3) is 0 Å². The van der Waals surface area contributed by atoms with Gasteiger partial charge in [0.2, 0.25) is 5.91 Å². The summed E-state index contributed by atoms with van der Waals surface area (Å²) in [5, 5.41) is 9.20. The molecule has 0 aromatic heterocycles. The molecule has 0 saturated heterocycles. The molecule has 134 valence electrons. The summed E-state index contributed by atoms with van der Waals surface area (Å²) in [6.45, 7) is 4.44. The van der Waals surface area contributed by atoms with Gasteiger partial charge in [-0.3, -0.25) is 9.79 Å². The maximum atomic E-state index is 13.5. The highest BCUT2D eigenvalue weighted by Crippen LogP contribution is 2.28. The van der Waals surface area contributed by atoms with E-state index in [1.807, 2.05) is 13.0 Å². The topological polar surface area (TPSA) is 65.5 Å². The van der Waals surface area contributed by atoms with E-state index in [9.17, 15) is 9.18 Å². The Morgan fingerprint density at radius 1 is 1.21 bits per heavy atom. The predicted molar refractivity (Wildman–Crippen MR) is 105 cm³/mol. The van der Waals surface area contributed by atoms with E-state index in [4.69, 9.17) is 0 Å². The number of carbonyl (C=O) groups excluding carboxylic acids is 1. The van der Waals surface area contributed by atoms with Gasteiger partial charge in [-0.2, -0.15) is 0 Å². The number of carbonyl (C=O) groups is 1. The number of nitrogens with one attached hydrogen (secondary N) is 3. The number of guanidine groups is 1. The van der Waals surface area contributed by atoms with Gasteiger partial charge in [-0.15, -0.1) is 24.0 Å². The summed E-state index contributed by atoms with van der Waals surface area (Å²) in [6.07, 6.45) is 2.58. The van der Waals surface area contributed by atoms with Gasteiger partial charge in [0.05, 0.1) is 0 Å². The van der Waals surface area contributed by atoms with E-state index < -0.39 is 0 Å². The molecule has 0 radical (unpaired) electrons. The second kappa shape index (κ2) is 11.2. The smallest absolute Gasteiger partial charge is 0.223 e. The molecule has 1 amide bonds. The lowest BCUT2D eigenvalue weighted by atomic mass is 10.1. The fourth-order valence-electron chi connectivity index (χ4n) is 2.19. The minimum absolute atomic E-state index is 0. The number of amides is 1. The Balaban J connectivity index is 0.00000288. The lowest BCUT2D eigenvalue weighted by Crippen LogP contribution is -2.41. The van der Waals surface area contributed by atoms with Crippen LogP contribution in [0.3, 0.4) is 0 Å². The first-order valence-corrected chi connectivity index (χ1v) is 8.24. The van der Waals surface area contributed by atoms with Crippen molar-refractivity contribution >= 4 is 35.8 Å². The maximum Gasteiger partial charge on any atom is 0.223 e. The summed E-state index contributed by atoms with van der Waals surface area (Å²) in [4.78, 5) is 15.9. The molecule has 0 bridgehead atoms. The van der Waals surface area contributed by atoms with Crippen LogP contribution in [0.4, 0.5) is 4.39 Å². The molecule has 1 saturated carbocycles. The van der Waals surface area contributed by atoms with Crippen LogP contribution in [0.2, 0.25) is 0 Å². The molecular weight excluding hydrogens is 422 g/mol. The Kier molecular flexibility index (Phi) is 9.66. The van der Waals surface area contributed by atoms with Crippen molar-refractivity contribution in [3.63, 3.8) is 0 Å². The molecule has 0 atom stereocenters. The van der Waals surface area contributed by atoms with Gasteiger partial charge in [-0.25, -0.2) is 4.39 Å². The van der Waals surface area contributed by atoms with Crippen LogP contribution in [0.1, 0.15) is 25.3 Å². The summed E-state index contributed by atoms with van der Waals surface area (Å²) < 4.78 is 13.5. The van der Waals surface area contributed by atoms with Crippen molar-refractivity contribution in [3.8, 4) is 0 Å². The molecular formula is C17H26FIN4O. The highest BCUT2D eigenvalue weighted by molar-refractivity contribution is 14.0. The molecule has 0 heterocycles. The molecule has 1 fully saturated rings. The van der Waals surface area contributed by atoms with Gasteiger partial charge in [0, 0.05) is 32.1 Å². The van der Waals surface area contributed by atoms with Crippen LogP contribution in [-0.2, 0) is 11.2 Å². The lowest BCUT2D eigenvalue weighted by Gasteiger charge is -2.12. The summed E-state index contributed by atoms with van der Waals surface area (Å²) in [6, 6.07) is 6.75. The maximum absolute atomic E-state index is 13.5. The Hall–Kier alpha value is -1.38.